The third-order valence-corrected chi connectivity index (χ3v) is 3.38. The lowest BCUT2D eigenvalue weighted by molar-refractivity contribution is 0.102. The van der Waals surface area contributed by atoms with Gasteiger partial charge in [-0.2, -0.15) is 0 Å². The Hall–Kier alpha value is -1.89. The first kappa shape index (κ1) is 17.5. The van der Waals surface area contributed by atoms with Crippen LogP contribution in [0.1, 0.15) is 5.69 Å². The van der Waals surface area contributed by atoms with Crippen LogP contribution in [0, 0.1) is 11.6 Å². The maximum absolute atomic E-state index is 13.8. The molecular weight excluding hydrogens is 302 g/mol. The topological polar surface area (TPSA) is 43.4 Å². The lowest BCUT2D eigenvalue weighted by atomic mass is 10.1. The fraction of sp³-hybridized carbons (Fsp3) is 0.353. The van der Waals surface area contributed by atoms with Crippen molar-refractivity contribution in [2.24, 2.45) is 0 Å². The Kier molecular flexibility index (Phi) is 6.58. The van der Waals surface area contributed by atoms with Gasteiger partial charge in [-0.05, 0) is 18.2 Å². The minimum Gasteiger partial charge on any atom is -0.383 e. The number of hydrogen-bond donors (Lipinski definition) is 1. The molecule has 0 bridgehead atoms. The Morgan fingerprint density at radius 2 is 1.70 bits per heavy atom. The molecule has 0 aliphatic heterocycles. The average molecular weight is 322 g/mol. The molecule has 23 heavy (non-hydrogen) atoms. The van der Waals surface area contributed by atoms with Gasteiger partial charge in [0.25, 0.3) is 0 Å². The van der Waals surface area contributed by atoms with Crippen molar-refractivity contribution in [3.05, 3.63) is 53.9 Å². The number of hydrogen-bond acceptors (Lipinski definition) is 4. The van der Waals surface area contributed by atoms with Crippen molar-refractivity contribution < 1.29 is 18.3 Å². The molecule has 1 aromatic heterocycles. The van der Waals surface area contributed by atoms with Gasteiger partial charge < -0.3 is 14.8 Å². The third-order valence-electron chi connectivity index (χ3n) is 3.38. The number of benzene rings is 1. The van der Waals surface area contributed by atoms with Crippen LogP contribution in [0.4, 0.5) is 8.78 Å². The average Bonchev–Trinajstić information content (AvgIpc) is 2.54. The molecule has 0 radical (unpaired) electrons. The molecule has 4 nitrogen and oxygen atoms in total. The van der Waals surface area contributed by atoms with E-state index in [0.29, 0.717) is 25.3 Å². The van der Waals surface area contributed by atoms with E-state index in [-0.39, 0.29) is 11.6 Å². The van der Waals surface area contributed by atoms with Crippen molar-refractivity contribution in [1.29, 1.82) is 0 Å². The summed E-state index contributed by atoms with van der Waals surface area (Å²) in [6.45, 7) is 1.55. The van der Waals surface area contributed by atoms with Crippen molar-refractivity contribution in [2.75, 3.05) is 27.4 Å². The lowest BCUT2D eigenvalue weighted by Crippen LogP contribution is -2.36. The molecule has 0 spiro atoms. The van der Waals surface area contributed by atoms with Crippen LogP contribution < -0.4 is 5.32 Å². The highest BCUT2D eigenvalue weighted by molar-refractivity contribution is 5.63. The molecule has 0 unspecified atom stereocenters. The number of aromatic nitrogens is 1. The molecule has 6 heteroatoms. The molecule has 1 aromatic carbocycles. The molecule has 2 rings (SSSR count). The summed E-state index contributed by atoms with van der Waals surface area (Å²) in [6, 6.07) is 7.25. The second-order valence-corrected chi connectivity index (χ2v) is 5.12. The molecule has 0 atom stereocenters. The first-order valence-electron chi connectivity index (χ1n) is 7.26. The van der Waals surface area contributed by atoms with Crippen LogP contribution in [0.3, 0.4) is 0 Å². The molecule has 124 valence electrons. The predicted molar refractivity (Wildman–Crippen MR) is 84.0 cm³/mol. The van der Waals surface area contributed by atoms with Crippen LogP contribution in [-0.2, 0) is 16.0 Å². The second kappa shape index (κ2) is 8.67. The van der Waals surface area contributed by atoms with Crippen LogP contribution in [0.2, 0.25) is 0 Å². The zero-order chi connectivity index (χ0) is 16.7. The molecule has 2 aromatic rings. The summed E-state index contributed by atoms with van der Waals surface area (Å²) >= 11 is 0. The first-order valence-corrected chi connectivity index (χ1v) is 7.26. The summed E-state index contributed by atoms with van der Waals surface area (Å²) in [5, 5.41) is 3.26. The molecular formula is C17H20F2N2O2. The summed E-state index contributed by atoms with van der Waals surface area (Å²) in [7, 11) is 3.25. The molecule has 0 amide bonds. The lowest BCUT2D eigenvalue weighted by Gasteiger charge is -2.16. The van der Waals surface area contributed by atoms with Crippen molar-refractivity contribution in [3.63, 3.8) is 0 Å². The van der Waals surface area contributed by atoms with Crippen LogP contribution in [-0.4, -0.2) is 38.5 Å². The Balaban J connectivity index is 2.05. The number of rotatable bonds is 8. The largest absolute Gasteiger partial charge is 0.383 e. The Morgan fingerprint density at radius 3 is 2.22 bits per heavy atom. The van der Waals surface area contributed by atoms with E-state index in [1.807, 2.05) is 0 Å². The third kappa shape index (κ3) is 4.79. The molecule has 0 fully saturated rings. The van der Waals surface area contributed by atoms with Gasteiger partial charge in [-0.15, -0.1) is 0 Å². The van der Waals surface area contributed by atoms with Gasteiger partial charge in [0.05, 0.1) is 30.5 Å². The van der Waals surface area contributed by atoms with Gasteiger partial charge in [-0.3, -0.25) is 4.98 Å². The minimum atomic E-state index is -0.599. The maximum atomic E-state index is 13.8. The fourth-order valence-corrected chi connectivity index (χ4v) is 2.27. The first-order chi connectivity index (χ1) is 11.2. The molecule has 1 heterocycles. The molecule has 0 aliphatic rings. The number of halogens is 2. The highest BCUT2D eigenvalue weighted by atomic mass is 19.1. The number of ether oxygens (including phenoxy) is 2. The van der Waals surface area contributed by atoms with Crippen LogP contribution in [0.5, 0.6) is 0 Å². The van der Waals surface area contributed by atoms with E-state index >= 15 is 0 Å². The van der Waals surface area contributed by atoms with Crippen molar-refractivity contribution in [3.8, 4) is 11.1 Å². The number of nitrogens with zero attached hydrogens (tertiary/aromatic N) is 1. The van der Waals surface area contributed by atoms with Crippen molar-refractivity contribution in [2.45, 2.75) is 12.6 Å². The number of nitrogens with one attached hydrogen (secondary N) is 1. The van der Waals surface area contributed by atoms with E-state index in [1.165, 1.54) is 24.4 Å². The van der Waals surface area contributed by atoms with E-state index in [0.717, 1.165) is 5.69 Å². The van der Waals surface area contributed by atoms with E-state index in [1.54, 1.807) is 26.4 Å². The fourth-order valence-electron chi connectivity index (χ4n) is 2.27. The van der Waals surface area contributed by atoms with Gasteiger partial charge in [-0.25, -0.2) is 8.78 Å². The van der Waals surface area contributed by atoms with Crippen molar-refractivity contribution >= 4 is 0 Å². The van der Waals surface area contributed by atoms with E-state index in [2.05, 4.69) is 10.3 Å². The van der Waals surface area contributed by atoms with Gasteiger partial charge in [0.15, 0.2) is 0 Å². The highest BCUT2D eigenvalue weighted by Crippen LogP contribution is 2.25. The maximum Gasteiger partial charge on any atom is 0.134 e. The summed E-state index contributed by atoms with van der Waals surface area (Å²) in [5.74, 6) is -1.20. The van der Waals surface area contributed by atoms with Gasteiger partial charge in [-0.1, -0.05) is 12.1 Å². The monoisotopic (exact) mass is 322 g/mol. The SMILES string of the molecule is COCC(COC)NCc1ccc(-c2c(F)cccc2F)cn1. The minimum absolute atomic E-state index is 0.0514. The smallest absolute Gasteiger partial charge is 0.134 e. The van der Waals surface area contributed by atoms with E-state index in [4.69, 9.17) is 9.47 Å². The standard InChI is InChI=1S/C17H20F2N2O2/c1-22-10-14(11-23-2)21-9-13-7-6-12(8-20-13)17-15(18)4-3-5-16(17)19/h3-8,14,21H,9-11H2,1-2H3. The summed E-state index contributed by atoms with van der Waals surface area (Å²) in [5.41, 5.74) is 1.12. The normalized spacial score (nSPS) is 11.2. The van der Waals surface area contributed by atoms with Crippen LogP contribution in [0.25, 0.3) is 11.1 Å². The van der Waals surface area contributed by atoms with E-state index in [9.17, 15) is 8.78 Å². The quantitative estimate of drug-likeness (QED) is 0.812. The van der Waals surface area contributed by atoms with Gasteiger partial charge in [0.2, 0.25) is 0 Å². The van der Waals surface area contributed by atoms with Gasteiger partial charge >= 0.3 is 0 Å². The second-order valence-electron chi connectivity index (χ2n) is 5.12. The van der Waals surface area contributed by atoms with Crippen LogP contribution in [0.15, 0.2) is 36.5 Å². The zero-order valence-electron chi connectivity index (χ0n) is 13.2. The Bertz CT molecular complexity index is 594. The Morgan fingerprint density at radius 1 is 1.04 bits per heavy atom. The molecule has 1 N–H and O–H groups in total. The number of pyridine rings is 1. The molecule has 0 aliphatic carbocycles. The molecule has 0 saturated carbocycles. The summed E-state index contributed by atoms with van der Waals surface area (Å²) in [4.78, 5) is 4.25. The number of methoxy groups -OCH3 is 2. The van der Waals surface area contributed by atoms with E-state index < -0.39 is 11.6 Å². The summed E-state index contributed by atoms with van der Waals surface area (Å²) < 4.78 is 37.7. The van der Waals surface area contributed by atoms with Gasteiger partial charge in [0, 0.05) is 32.5 Å². The summed E-state index contributed by atoms with van der Waals surface area (Å²) in [6.07, 6.45) is 1.47. The van der Waals surface area contributed by atoms with Crippen LogP contribution >= 0.6 is 0 Å². The molecule has 0 saturated heterocycles. The highest BCUT2D eigenvalue weighted by Gasteiger charge is 2.12. The zero-order valence-corrected chi connectivity index (χ0v) is 13.2. The Labute approximate surface area is 134 Å². The van der Waals surface area contributed by atoms with Gasteiger partial charge in [0.1, 0.15) is 11.6 Å². The van der Waals surface area contributed by atoms with Crippen molar-refractivity contribution in [1.82, 2.24) is 10.3 Å². The predicted octanol–water partition coefficient (Wildman–Crippen LogP) is 2.78.